The van der Waals surface area contributed by atoms with Crippen molar-refractivity contribution in [3.05, 3.63) is 30.6 Å². The zero-order valence-corrected chi connectivity index (χ0v) is 10.6. The Bertz CT molecular complexity index is 520. The van der Waals surface area contributed by atoms with Crippen LogP contribution in [-0.4, -0.2) is 48.9 Å². The average molecular weight is 260 g/mol. The summed E-state index contributed by atoms with van der Waals surface area (Å²) in [5, 5.41) is 7.52. The number of likely N-dealkylation sites (tertiary alicyclic amines) is 1. The van der Waals surface area contributed by atoms with Crippen molar-refractivity contribution in [2.75, 3.05) is 13.1 Å². The molecule has 0 bridgehead atoms. The summed E-state index contributed by atoms with van der Waals surface area (Å²) in [4.78, 5) is 21.5. The number of nitrogens with one attached hydrogen (secondary N) is 1. The Kier molecular flexibility index (Phi) is 3.26. The van der Waals surface area contributed by atoms with E-state index in [9.17, 15) is 4.79 Å². The molecular formula is C12H16N6O. The smallest absolute Gasteiger partial charge is 0.244 e. The van der Waals surface area contributed by atoms with Gasteiger partial charge >= 0.3 is 0 Å². The first-order valence-electron chi connectivity index (χ1n) is 6.44. The van der Waals surface area contributed by atoms with Crippen LogP contribution in [-0.2, 0) is 11.3 Å². The molecule has 3 rings (SSSR count). The summed E-state index contributed by atoms with van der Waals surface area (Å²) in [5.74, 6) is 1.36. The number of carbonyl (C=O) groups is 1. The molecule has 2 aromatic heterocycles. The normalized spacial score (nSPS) is 19.6. The first-order valence-corrected chi connectivity index (χ1v) is 6.44. The lowest BCUT2D eigenvalue weighted by molar-refractivity contribution is -0.133. The maximum absolute atomic E-state index is 12.2. The van der Waals surface area contributed by atoms with Crippen molar-refractivity contribution < 1.29 is 4.79 Å². The number of piperidine rings is 1. The second kappa shape index (κ2) is 5.21. The van der Waals surface area contributed by atoms with E-state index in [1.54, 1.807) is 23.3 Å². The van der Waals surface area contributed by atoms with Crippen molar-refractivity contribution >= 4 is 5.91 Å². The molecule has 1 aliphatic heterocycles. The van der Waals surface area contributed by atoms with Crippen molar-refractivity contribution in [2.24, 2.45) is 0 Å². The van der Waals surface area contributed by atoms with E-state index in [0.29, 0.717) is 5.92 Å². The zero-order chi connectivity index (χ0) is 13.1. The van der Waals surface area contributed by atoms with Crippen LogP contribution in [0.5, 0.6) is 0 Å². The number of amides is 1. The lowest BCUT2D eigenvalue weighted by Gasteiger charge is -2.31. The lowest BCUT2D eigenvalue weighted by atomic mass is 9.97. The number of aromatic amines is 1. The molecule has 7 nitrogen and oxygen atoms in total. The molecule has 0 aromatic carbocycles. The lowest BCUT2D eigenvalue weighted by Crippen LogP contribution is -2.41. The predicted octanol–water partition coefficient (Wildman–Crippen LogP) is 0.407. The largest absolute Gasteiger partial charge is 0.348 e. The number of carbonyl (C=O) groups excluding carboxylic acids is 1. The Morgan fingerprint density at radius 2 is 2.42 bits per heavy atom. The summed E-state index contributed by atoms with van der Waals surface area (Å²) < 4.78 is 1.55. The highest BCUT2D eigenvalue weighted by molar-refractivity contribution is 5.76. The quantitative estimate of drug-likeness (QED) is 0.866. The number of hydrogen-bond acceptors (Lipinski definition) is 4. The molecule has 0 unspecified atom stereocenters. The maximum atomic E-state index is 12.2. The highest BCUT2D eigenvalue weighted by Crippen LogP contribution is 2.24. The molecule has 19 heavy (non-hydrogen) atoms. The molecule has 1 N–H and O–H groups in total. The van der Waals surface area contributed by atoms with Crippen LogP contribution < -0.4 is 0 Å². The molecule has 2 aromatic rings. The first-order chi connectivity index (χ1) is 9.33. The number of nitrogens with zero attached hydrogens (tertiary/aromatic N) is 5. The summed E-state index contributed by atoms with van der Waals surface area (Å²) in [6.45, 7) is 1.79. The van der Waals surface area contributed by atoms with Gasteiger partial charge in [-0.2, -0.15) is 0 Å². The van der Waals surface area contributed by atoms with Crippen LogP contribution in [0.2, 0.25) is 0 Å². The fourth-order valence-corrected chi connectivity index (χ4v) is 2.48. The molecule has 7 heteroatoms. The Morgan fingerprint density at radius 3 is 3.16 bits per heavy atom. The number of rotatable bonds is 3. The fraction of sp³-hybridized carbons (Fsp3) is 0.500. The van der Waals surface area contributed by atoms with Crippen LogP contribution >= 0.6 is 0 Å². The van der Waals surface area contributed by atoms with E-state index < -0.39 is 0 Å². The molecule has 1 atom stereocenters. The van der Waals surface area contributed by atoms with Gasteiger partial charge < -0.3 is 9.88 Å². The molecule has 3 heterocycles. The molecule has 1 saturated heterocycles. The Hall–Kier alpha value is -2.18. The Labute approximate surface area is 110 Å². The highest BCUT2D eigenvalue weighted by atomic mass is 16.2. The van der Waals surface area contributed by atoms with E-state index in [0.717, 1.165) is 31.8 Å². The van der Waals surface area contributed by atoms with Crippen LogP contribution in [0.4, 0.5) is 0 Å². The van der Waals surface area contributed by atoms with Crippen LogP contribution in [0.15, 0.2) is 24.8 Å². The van der Waals surface area contributed by atoms with Crippen molar-refractivity contribution in [1.29, 1.82) is 0 Å². The maximum Gasteiger partial charge on any atom is 0.244 e. The molecule has 1 amide bonds. The molecule has 0 spiro atoms. The average Bonchev–Trinajstić information content (AvgIpc) is 3.12. The molecule has 100 valence electrons. The minimum Gasteiger partial charge on any atom is -0.348 e. The molecule has 0 saturated carbocycles. The second-order valence-electron chi connectivity index (χ2n) is 4.75. The van der Waals surface area contributed by atoms with Crippen molar-refractivity contribution in [1.82, 2.24) is 29.9 Å². The molecule has 0 radical (unpaired) electrons. The minimum absolute atomic E-state index is 0.0850. The summed E-state index contributed by atoms with van der Waals surface area (Å²) in [5.41, 5.74) is 0. The predicted molar refractivity (Wildman–Crippen MR) is 67.2 cm³/mol. The van der Waals surface area contributed by atoms with Gasteiger partial charge in [-0.1, -0.05) is 5.21 Å². The summed E-state index contributed by atoms with van der Waals surface area (Å²) in [6.07, 6.45) is 8.94. The summed E-state index contributed by atoms with van der Waals surface area (Å²) >= 11 is 0. The van der Waals surface area contributed by atoms with Crippen molar-refractivity contribution in [2.45, 2.75) is 25.3 Å². The van der Waals surface area contributed by atoms with Gasteiger partial charge in [-0.3, -0.25) is 4.79 Å². The first kappa shape index (κ1) is 11.9. The standard InChI is InChI=1S/C12H16N6O/c19-11(9-18-7-5-15-16-18)17-6-1-2-10(8-17)12-13-3-4-14-12/h3-5,7,10H,1-2,6,8-9H2,(H,13,14)/t10-/m0/s1. The second-order valence-corrected chi connectivity index (χ2v) is 4.75. The third-order valence-electron chi connectivity index (χ3n) is 3.45. The van der Waals surface area contributed by atoms with Gasteiger partial charge in [-0.05, 0) is 12.8 Å². The summed E-state index contributed by atoms with van der Waals surface area (Å²) in [6, 6.07) is 0. The third-order valence-corrected chi connectivity index (χ3v) is 3.45. The van der Waals surface area contributed by atoms with Crippen molar-refractivity contribution in [3.63, 3.8) is 0 Å². The number of aromatic nitrogens is 5. The van der Waals surface area contributed by atoms with E-state index in [2.05, 4.69) is 20.3 Å². The van der Waals surface area contributed by atoms with Gasteiger partial charge in [0.1, 0.15) is 12.4 Å². The number of H-pyrrole nitrogens is 1. The van der Waals surface area contributed by atoms with Gasteiger partial charge in [-0.25, -0.2) is 9.67 Å². The van der Waals surface area contributed by atoms with E-state index in [-0.39, 0.29) is 12.5 Å². The van der Waals surface area contributed by atoms with Gasteiger partial charge in [0, 0.05) is 37.6 Å². The van der Waals surface area contributed by atoms with Gasteiger partial charge in [0.05, 0.1) is 6.20 Å². The number of imidazole rings is 1. The van der Waals surface area contributed by atoms with E-state index in [4.69, 9.17) is 0 Å². The number of hydrogen-bond donors (Lipinski definition) is 1. The Morgan fingerprint density at radius 1 is 1.47 bits per heavy atom. The van der Waals surface area contributed by atoms with E-state index in [1.807, 2.05) is 11.1 Å². The van der Waals surface area contributed by atoms with Gasteiger partial charge in [0.2, 0.25) is 5.91 Å². The van der Waals surface area contributed by atoms with E-state index >= 15 is 0 Å². The monoisotopic (exact) mass is 260 g/mol. The van der Waals surface area contributed by atoms with Crippen LogP contribution in [0.25, 0.3) is 0 Å². The third kappa shape index (κ3) is 2.64. The van der Waals surface area contributed by atoms with Gasteiger partial charge in [0.25, 0.3) is 0 Å². The fourth-order valence-electron chi connectivity index (χ4n) is 2.48. The van der Waals surface area contributed by atoms with Crippen LogP contribution in [0.1, 0.15) is 24.6 Å². The van der Waals surface area contributed by atoms with Gasteiger partial charge in [-0.15, -0.1) is 5.10 Å². The van der Waals surface area contributed by atoms with Crippen LogP contribution in [0, 0.1) is 0 Å². The molecular weight excluding hydrogens is 244 g/mol. The molecule has 1 aliphatic rings. The summed E-state index contributed by atoms with van der Waals surface area (Å²) in [7, 11) is 0. The van der Waals surface area contributed by atoms with Crippen molar-refractivity contribution in [3.8, 4) is 0 Å². The topological polar surface area (TPSA) is 79.7 Å². The Balaban J connectivity index is 1.63. The highest BCUT2D eigenvalue weighted by Gasteiger charge is 2.26. The zero-order valence-electron chi connectivity index (χ0n) is 10.6. The van der Waals surface area contributed by atoms with Gasteiger partial charge in [0.15, 0.2) is 0 Å². The molecule has 0 aliphatic carbocycles. The molecule has 1 fully saturated rings. The SMILES string of the molecule is O=C(Cn1ccnn1)N1CCC[C@H](c2ncc[nH]2)C1. The van der Waals surface area contributed by atoms with Crippen LogP contribution in [0.3, 0.4) is 0 Å². The van der Waals surface area contributed by atoms with E-state index in [1.165, 1.54) is 0 Å². The minimum atomic E-state index is 0.0850.